The minimum Gasteiger partial charge on any atom is -0.480 e. The van der Waals surface area contributed by atoms with Gasteiger partial charge in [-0.05, 0) is 69.2 Å². The maximum absolute atomic E-state index is 14.5. The van der Waals surface area contributed by atoms with Crippen LogP contribution < -0.4 is 10.3 Å². The quantitative estimate of drug-likeness (QED) is 0.158. The third-order valence-electron chi connectivity index (χ3n) is 10.2. The standard InChI is InChI=1S/C37H39F3N8O3/c1-50-16-15-46-13-11-23(12-14-46)28-17-26-18-41-32(30-31(24-7-8-24)42-21-43-35(30)51-2)45-34(26)48(36(28)49)19-22-3-5-25(6-4-22)33-44-29(37(38,39)40)20-47(33)27-9-10-27/h3-6,17-18,20-21,23-24,27H,7-16,19H2,1-2H3. The Morgan fingerprint density at radius 2 is 1.69 bits per heavy atom. The first-order valence-corrected chi connectivity index (χ1v) is 17.5. The van der Waals surface area contributed by atoms with Crippen LogP contribution >= 0.6 is 0 Å². The Labute approximate surface area is 292 Å². The molecule has 266 valence electrons. The van der Waals surface area contributed by atoms with Crippen molar-refractivity contribution in [1.29, 1.82) is 0 Å². The van der Waals surface area contributed by atoms with Gasteiger partial charge in [-0.15, -0.1) is 0 Å². The number of imidazole rings is 1. The van der Waals surface area contributed by atoms with Gasteiger partial charge in [0.2, 0.25) is 5.88 Å². The monoisotopic (exact) mass is 700 g/mol. The number of halogens is 3. The molecule has 14 heteroatoms. The van der Waals surface area contributed by atoms with Crippen LogP contribution in [0.4, 0.5) is 13.2 Å². The average Bonchev–Trinajstić information content (AvgIpc) is 4.10. The summed E-state index contributed by atoms with van der Waals surface area (Å²) in [5.41, 5.74) is 3.03. The lowest BCUT2D eigenvalue weighted by Gasteiger charge is -2.32. The number of fused-ring (bicyclic) bond motifs is 1. The van der Waals surface area contributed by atoms with Crippen LogP contribution in [0, 0.1) is 0 Å². The van der Waals surface area contributed by atoms with Crippen LogP contribution in [-0.2, 0) is 17.5 Å². The Morgan fingerprint density at radius 1 is 0.922 bits per heavy atom. The summed E-state index contributed by atoms with van der Waals surface area (Å²) in [5, 5.41) is 0.738. The predicted molar refractivity (Wildman–Crippen MR) is 184 cm³/mol. The van der Waals surface area contributed by atoms with E-state index in [1.54, 1.807) is 41.7 Å². The summed E-state index contributed by atoms with van der Waals surface area (Å²) in [6.45, 7) is 3.46. The summed E-state index contributed by atoms with van der Waals surface area (Å²) >= 11 is 0. The predicted octanol–water partition coefficient (Wildman–Crippen LogP) is 6.23. The number of ether oxygens (including phenoxy) is 2. The van der Waals surface area contributed by atoms with Gasteiger partial charge in [-0.2, -0.15) is 13.2 Å². The molecule has 0 spiro atoms. The number of benzene rings is 1. The fourth-order valence-corrected chi connectivity index (χ4v) is 7.16. The molecule has 5 aromatic rings. The summed E-state index contributed by atoms with van der Waals surface area (Å²) in [5.74, 6) is 1.41. The highest BCUT2D eigenvalue weighted by molar-refractivity contribution is 5.79. The van der Waals surface area contributed by atoms with Gasteiger partial charge in [0.1, 0.15) is 23.4 Å². The molecule has 11 nitrogen and oxygen atoms in total. The maximum atomic E-state index is 14.5. The van der Waals surface area contributed by atoms with Gasteiger partial charge in [0.05, 0.1) is 26.0 Å². The minimum absolute atomic E-state index is 0.0192. The highest BCUT2D eigenvalue weighted by atomic mass is 19.4. The van der Waals surface area contributed by atoms with Crippen LogP contribution in [0.5, 0.6) is 5.88 Å². The molecule has 5 heterocycles. The van der Waals surface area contributed by atoms with Crippen molar-refractivity contribution < 1.29 is 22.6 Å². The zero-order valence-electron chi connectivity index (χ0n) is 28.6. The van der Waals surface area contributed by atoms with Gasteiger partial charge in [0, 0.05) is 54.5 Å². The average molecular weight is 701 g/mol. The van der Waals surface area contributed by atoms with Gasteiger partial charge >= 0.3 is 6.18 Å². The van der Waals surface area contributed by atoms with Crippen LogP contribution in [0.25, 0.3) is 33.8 Å². The Balaban J connectivity index is 1.18. The molecule has 1 saturated heterocycles. The molecule has 1 aromatic carbocycles. The lowest BCUT2D eigenvalue weighted by atomic mass is 9.89. The number of nitrogens with zero attached hydrogens (tertiary/aromatic N) is 8. The van der Waals surface area contributed by atoms with Gasteiger partial charge in [-0.25, -0.2) is 24.9 Å². The molecule has 8 rings (SSSR count). The van der Waals surface area contributed by atoms with Crippen molar-refractivity contribution >= 4 is 11.0 Å². The van der Waals surface area contributed by atoms with E-state index in [1.807, 2.05) is 18.2 Å². The van der Waals surface area contributed by atoms with Gasteiger partial charge in [-0.1, -0.05) is 24.3 Å². The molecule has 2 saturated carbocycles. The van der Waals surface area contributed by atoms with Crippen LogP contribution in [0.2, 0.25) is 0 Å². The number of rotatable bonds is 11. The van der Waals surface area contributed by atoms with E-state index in [0.717, 1.165) is 86.6 Å². The van der Waals surface area contributed by atoms with Crippen molar-refractivity contribution in [3.05, 3.63) is 81.9 Å². The second-order valence-corrected chi connectivity index (χ2v) is 13.8. The normalized spacial score (nSPS) is 17.4. The molecule has 4 aromatic heterocycles. The van der Waals surface area contributed by atoms with Crippen molar-refractivity contribution in [2.24, 2.45) is 0 Å². The maximum Gasteiger partial charge on any atom is 0.434 e. The Hall–Kier alpha value is -4.69. The van der Waals surface area contributed by atoms with Crippen LogP contribution in [0.1, 0.15) is 78.9 Å². The number of aromatic nitrogens is 7. The van der Waals surface area contributed by atoms with Gasteiger partial charge in [0.15, 0.2) is 11.5 Å². The van der Waals surface area contributed by atoms with Crippen molar-refractivity contribution in [1.82, 2.24) is 39.0 Å². The summed E-state index contributed by atoms with van der Waals surface area (Å²) in [7, 11) is 3.25. The molecule has 1 aliphatic heterocycles. The molecule has 0 N–H and O–H groups in total. The first kappa shape index (κ1) is 33.5. The lowest BCUT2D eigenvalue weighted by molar-refractivity contribution is -0.140. The van der Waals surface area contributed by atoms with Crippen molar-refractivity contribution in [2.75, 3.05) is 40.5 Å². The van der Waals surface area contributed by atoms with Gasteiger partial charge in [0.25, 0.3) is 5.56 Å². The van der Waals surface area contributed by atoms with E-state index in [-0.39, 0.29) is 30.0 Å². The summed E-state index contributed by atoms with van der Waals surface area (Å²) < 4.78 is 55.0. The molecule has 3 aliphatic rings. The molecular weight excluding hydrogens is 661 g/mol. The van der Waals surface area contributed by atoms with E-state index in [1.165, 1.54) is 6.33 Å². The Kier molecular flexibility index (Phi) is 8.83. The third kappa shape index (κ3) is 6.74. The topological polar surface area (TPSA) is 113 Å². The summed E-state index contributed by atoms with van der Waals surface area (Å²) in [4.78, 5) is 39.5. The van der Waals surface area contributed by atoms with Crippen LogP contribution in [0.15, 0.2) is 53.8 Å². The molecule has 3 fully saturated rings. The fraction of sp³-hybridized carbons (Fsp3) is 0.459. The number of hydrogen-bond donors (Lipinski definition) is 0. The SMILES string of the molecule is COCCN1CCC(c2cc3cnc(-c4c(OC)ncnc4C4CC4)nc3n(Cc3ccc(-c4nc(C(F)(F)F)cn4C4CC4)cc3)c2=O)CC1. The lowest BCUT2D eigenvalue weighted by Crippen LogP contribution is -2.37. The third-order valence-corrected chi connectivity index (χ3v) is 10.2. The van der Waals surface area contributed by atoms with Gasteiger partial charge < -0.3 is 18.9 Å². The Bertz CT molecular complexity index is 2120. The molecule has 2 aliphatic carbocycles. The largest absolute Gasteiger partial charge is 0.480 e. The molecule has 0 unspecified atom stereocenters. The van der Waals surface area contributed by atoms with E-state index in [0.29, 0.717) is 40.9 Å². The number of piperidine rings is 1. The first-order valence-electron chi connectivity index (χ1n) is 17.5. The fourth-order valence-electron chi connectivity index (χ4n) is 7.16. The number of methoxy groups -OCH3 is 2. The van der Waals surface area contributed by atoms with E-state index in [4.69, 9.17) is 19.4 Å². The van der Waals surface area contributed by atoms with Gasteiger partial charge in [-0.3, -0.25) is 9.36 Å². The van der Waals surface area contributed by atoms with E-state index < -0.39 is 11.9 Å². The number of alkyl halides is 3. The number of hydrogen-bond acceptors (Lipinski definition) is 9. The smallest absolute Gasteiger partial charge is 0.434 e. The minimum atomic E-state index is -4.53. The second-order valence-electron chi connectivity index (χ2n) is 13.8. The molecular formula is C37H39F3N8O3. The summed E-state index contributed by atoms with van der Waals surface area (Å²) in [6.07, 6.45) is 5.17. The zero-order chi connectivity index (χ0) is 35.3. The van der Waals surface area contributed by atoms with Crippen molar-refractivity contribution in [2.45, 2.75) is 69.1 Å². The van der Waals surface area contributed by atoms with Crippen molar-refractivity contribution in [3.63, 3.8) is 0 Å². The zero-order valence-corrected chi connectivity index (χ0v) is 28.6. The number of likely N-dealkylation sites (tertiary alicyclic amines) is 1. The number of pyridine rings is 1. The molecule has 51 heavy (non-hydrogen) atoms. The highest BCUT2D eigenvalue weighted by Crippen LogP contribution is 2.45. The van der Waals surface area contributed by atoms with E-state index in [2.05, 4.69) is 19.9 Å². The van der Waals surface area contributed by atoms with Crippen molar-refractivity contribution in [3.8, 4) is 28.7 Å². The molecule has 0 radical (unpaired) electrons. The Morgan fingerprint density at radius 3 is 2.35 bits per heavy atom. The first-order chi connectivity index (χ1) is 24.7. The van der Waals surface area contributed by atoms with E-state index in [9.17, 15) is 18.0 Å². The highest BCUT2D eigenvalue weighted by Gasteiger charge is 2.37. The van der Waals surface area contributed by atoms with E-state index >= 15 is 0 Å². The van der Waals surface area contributed by atoms with Crippen LogP contribution in [0.3, 0.4) is 0 Å². The molecule has 0 amide bonds. The molecule has 0 bridgehead atoms. The summed E-state index contributed by atoms with van der Waals surface area (Å²) in [6, 6.07) is 9.19. The van der Waals surface area contributed by atoms with Crippen LogP contribution in [-0.4, -0.2) is 79.4 Å². The molecule has 0 atom stereocenters. The second kappa shape index (κ2) is 13.5.